The zero-order valence-electron chi connectivity index (χ0n) is 16.5. The van der Waals surface area contributed by atoms with Crippen molar-refractivity contribution in [3.8, 4) is 17.1 Å². The highest BCUT2D eigenvalue weighted by atomic mass is 32.2. The molecule has 6 nitrogen and oxygen atoms in total. The van der Waals surface area contributed by atoms with E-state index in [9.17, 15) is 21.6 Å². The van der Waals surface area contributed by atoms with Crippen LogP contribution in [0.1, 0.15) is 12.6 Å². The van der Waals surface area contributed by atoms with Gasteiger partial charge in [-0.05, 0) is 30.5 Å². The summed E-state index contributed by atoms with van der Waals surface area (Å²) < 4.78 is 71.6. The van der Waals surface area contributed by atoms with Gasteiger partial charge >= 0.3 is 6.18 Å². The van der Waals surface area contributed by atoms with E-state index in [-0.39, 0.29) is 22.0 Å². The van der Waals surface area contributed by atoms with Gasteiger partial charge in [-0.25, -0.2) is 18.4 Å². The van der Waals surface area contributed by atoms with Gasteiger partial charge in [0.25, 0.3) is 0 Å². The molecule has 3 rings (SSSR count). The number of pyridine rings is 1. The monoisotopic (exact) mass is 459 g/mol. The SMILES string of the molecule is CCS(=O)(=O)c1cc(OCCSC)ccc1-c1nc2cc(C(F)(F)F)ncc2n1C. The van der Waals surface area contributed by atoms with Gasteiger partial charge < -0.3 is 9.30 Å². The summed E-state index contributed by atoms with van der Waals surface area (Å²) in [5.74, 6) is 1.24. The number of alkyl halides is 3. The Labute approximate surface area is 176 Å². The molecule has 0 saturated heterocycles. The van der Waals surface area contributed by atoms with Crippen LogP contribution >= 0.6 is 11.8 Å². The van der Waals surface area contributed by atoms with Gasteiger partial charge in [-0.2, -0.15) is 24.9 Å². The Morgan fingerprint density at radius 1 is 1.23 bits per heavy atom. The Kier molecular flexibility index (Phi) is 6.32. The minimum Gasteiger partial charge on any atom is -0.493 e. The van der Waals surface area contributed by atoms with Crippen LogP contribution in [0.5, 0.6) is 5.75 Å². The minimum atomic E-state index is -4.60. The number of fused-ring (bicyclic) bond motifs is 1. The molecule has 0 unspecified atom stereocenters. The first-order chi connectivity index (χ1) is 14.1. The summed E-state index contributed by atoms with van der Waals surface area (Å²) in [5, 5.41) is 0. The molecule has 3 aromatic rings. The molecule has 0 radical (unpaired) electrons. The summed E-state index contributed by atoms with van der Waals surface area (Å²) in [6, 6.07) is 5.49. The Morgan fingerprint density at radius 2 is 1.97 bits per heavy atom. The van der Waals surface area contributed by atoms with E-state index < -0.39 is 21.7 Å². The molecule has 0 saturated carbocycles. The van der Waals surface area contributed by atoms with Crippen molar-refractivity contribution in [1.29, 1.82) is 0 Å². The topological polar surface area (TPSA) is 74.1 Å². The van der Waals surface area contributed by atoms with Gasteiger partial charge in [0.05, 0.1) is 34.5 Å². The Balaban J connectivity index is 2.16. The van der Waals surface area contributed by atoms with Gasteiger partial charge in [0.1, 0.15) is 17.3 Å². The maximum atomic E-state index is 13.0. The smallest absolute Gasteiger partial charge is 0.433 e. The molecular formula is C19H20F3N3O3S2. The third-order valence-corrected chi connectivity index (χ3v) is 6.87. The standard InChI is InChI=1S/C19H20F3N3O3S2/c1-4-30(26,27)16-9-12(28-7-8-29-3)5-6-13(16)18-24-14-10-17(19(20,21)22)23-11-15(14)25(18)2/h5-6,9-11H,4,7-8H2,1-3H3. The van der Waals surface area contributed by atoms with Crippen molar-refractivity contribution in [3.63, 3.8) is 0 Å². The third-order valence-electron chi connectivity index (χ3n) is 4.52. The fourth-order valence-electron chi connectivity index (χ4n) is 2.92. The fourth-order valence-corrected chi connectivity index (χ4v) is 4.27. The highest BCUT2D eigenvalue weighted by molar-refractivity contribution is 7.98. The summed E-state index contributed by atoms with van der Waals surface area (Å²) in [5.41, 5.74) is -0.326. The number of aryl methyl sites for hydroxylation is 1. The van der Waals surface area contributed by atoms with E-state index in [2.05, 4.69) is 9.97 Å². The third kappa shape index (κ3) is 4.41. The molecule has 0 aliphatic heterocycles. The van der Waals surface area contributed by atoms with Crippen LogP contribution in [-0.2, 0) is 23.1 Å². The first kappa shape index (κ1) is 22.4. The average Bonchev–Trinajstić information content (AvgIpc) is 3.03. The lowest BCUT2D eigenvalue weighted by molar-refractivity contribution is -0.141. The number of sulfone groups is 1. The van der Waals surface area contributed by atoms with Crippen molar-refractivity contribution in [2.45, 2.75) is 18.0 Å². The zero-order chi connectivity index (χ0) is 22.1. The number of thioether (sulfide) groups is 1. The molecule has 0 fully saturated rings. The van der Waals surface area contributed by atoms with E-state index in [4.69, 9.17) is 4.74 Å². The number of rotatable bonds is 7. The van der Waals surface area contributed by atoms with Crippen molar-refractivity contribution in [2.24, 2.45) is 7.05 Å². The van der Waals surface area contributed by atoms with Crippen molar-refractivity contribution in [3.05, 3.63) is 36.2 Å². The van der Waals surface area contributed by atoms with Gasteiger partial charge in [0.2, 0.25) is 0 Å². The maximum absolute atomic E-state index is 13.0. The molecule has 0 spiro atoms. The summed E-state index contributed by atoms with van der Waals surface area (Å²) in [6.07, 6.45) is -1.58. The van der Waals surface area contributed by atoms with Crippen LogP contribution < -0.4 is 4.74 Å². The van der Waals surface area contributed by atoms with E-state index in [0.29, 0.717) is 23.4 Å². The predicted octanol–water partition coefficient (Wildman–Crippen LogP) is 4.19. The maximum Gasteiger partial charge on any atom is 0.433 e. The zero-order valence-corrected chi connectivity index (χ0v) is 18.2. The largest absolute Gasteiger partial charge is 0.493 e. The number of halogens is 3. The van der Waals surface area contributed by atoms with E-state index in [1.807, 2.05) is 6.26 Å². The normalized spacial score (nSPS) is 12.5. The lowest BCUT2D eigenvalue weighted by Crippen LogP contribution is -2.08. The van der Waals surface area contributed by atoms with Crippen LogP contribution in [0.3, 0.4) is 0 Å². The molecule has 0 aliphatic carbocycles. The second-order valence-corrected chi connectivity index (χ2v) is 9.69. The van der Waals surface area contributed by atoms with Crippen LogP contribution in [0, 0.1) is 0 Å². The van der Waals surface area contributed by atoms with Crippen molar-refractivity contribution >= 4 is 32.6 Å². The van der Waals surface area contributed by atoms with Gasteiger partial charge in [0, 0.05) is 18.4 Å². The Morgan fingerprint density at radius 3 is 2.60 bits per heavy atom. The van der Waals surface area contributed by atoms with Gasteiger partial charge in [-0.15, -0.1) is 0 Å². The van der Waals surface area contributed by atoms with Crippen LogP contribution in [-0.4, -0.2) is 47.3 Å². The average molecular weight is 460 g/mol. The molecule has 0 aliphatic rings. The molecule has 0 amide bonds. The second-order valence-electron chi connectivity index (χ2n) is 6.45. The van der Waals surface area contributed by atoms with E-state index >= 15 is 0 Å². The molecule has 0 N–H and O–H groups in total. The Bertz CT molecular complexity index is 1170. The molecule has 0 atom stereocenters. The summed E-state index contributed by atoms with van der Waals surface area (Å²) in [6.45, 7) is 1.94. The molecule has 30 heavy (non-hydrogen) atoms. The highest BCUT2D eigenvalue weighted by Crippen LogP contribution is 2.34. The number of aromatic nitrogens is 3. The Hall–Kier alpha value is -2.27. The number of hydrogen-bond donors (Lipinski definition) is 0. The van der Waals surface area contributed by atoms with Crippen LogP contribution in [0.2, 0.25) is 0 Å². The van der Waals surface area contributed by atoms with Crippen molar-refractivity contribution in [2.75, 3.05) is 24.4 Å². The summed E-state index contributed by atoms with van der Waals surface area (Å²) in [4.78, 5) is 7.77. The van der Waals surface area contributed by atoms with Crippen LogP contribution in [0.25, 0.3) is 22.4 Å². The number of benzene rings is 1. The lowest BCUT2D eigenvalue weighted by atomic mass is 10.2. The quantitative estimate of drug-likeness (QED) is 0.494. The molecule has 1 aromatic carbocycles. The van der Waals surface area contributed by atoms with Gasteiger partial charge in [0.15, 0.2) is 9.84 Å². The van der Waals surface area contributed by atoms with Crippen molar-refractivity contribution in [1.82, 2.24) is 14.5 Å². The van der Waals surface area contributed by atoms with Gasteiger partial charge in [-0.1, -0.05) is 6.92 Å². The van der Waals surface area contributed by atoms with Crippen molar-refractivity contribution < 1.29 is 26.3 Å². The fraction of sp³-hybridized carbons (Fsp3) is 0.368. The first-order valence-corrected chi connectivity index (χ1v) is 12.0. The second kappa shape index (κ2) is 8.46. The number of imidazole rings is 1. The van der Waals surface area contributed by atoms with Gasteiger partial charge in [-0.3, -0.25) is 0 Å². The van der Waals surface area contributed by atoms with Crippen LogP contribution in [0.4, 0.5) is 13.2 Å². The number of hydrogen-bond acceptors (Lipinski definition) is 6. The summed E-state index contributed by atoms with van der Waals surface area (Å²) >= 11 is 1.60. The van der Waals surface area contributed by atoms with E-state index in [1.165, 1.54) is 17.6 Å². The van der Waals surface area contributed by atoms with E-state index in [0.717, 1.165) is 18.0 Å². The molecule has 0 bridgehead atoms. The first-order valence-electron chi connectivity index (χ1n) is 8.97. The summed E-state index contributed by atoms with van der Waals surface area (Å²) in [7, 11) is -2.05. The predicted molar refractivity (Wildman–Crippen MR) is 111 cm³/mol. The molecule has 162 valence electrons. The highest BCUT2D eigenvalue weighted by Gasteiger charge is 2.33. The number of ether oxygens (including phenoxy) is 1. The molecule has 2 heterocycles. The molecule has 11 heteroatoms. The molecule has 2 aromatic heterocycles. The van der Waals surface area contributed by atoms with Crippen LogP contribution in [0.15, 0.2) is 35.4 Å². The molecular weight excluding hydrogens is 439 g/mol. The lowest BCUT2D eigenvalue weighted by Gasteiger charge is -2.12. The van der Waals surface area contributed by atoms with E-state index in [1.54, 1.807) is 30.9 Å². The minimum absolute atomic E-state index is 0.0223. The number of nitrogens with zero attached hydrogens (tertiary/aromatic N) is 3.